The Balaban J connectivity index is 1.28. The van der Waals surface area contributed by atoms with Gasteiger partial charge in [0.15, 0.2) is 5.82 Å². The Bertz CT molecular complexity index is 2870. The predicted octanol–water partition coefficient (Wildman–Crippen LogP) is 13.0. The molecule has 49 heavy (non-hydrogen) atoms. The highest BCUT2D eigenvalue weighted by Crippen LogP contribution is 2.43. The molecule has 8 aromatic carbocycles. The molecule has 10 rings (SSSR count). The Morgan fingerprint density at radius 3 is 1.88 bits per heavy atom. The SMILES string of the molecule is c1ccc(-c2ccc(-c3cc(-c4cccc5sc6ccccc6c45)nc(-c4c5ccccc5cc5c4ccc4ccccc45)n3)cc2)cc1. The minimum absolute atomic E-state index is 0.730. The van der Waals surface area contributed by atoms with E-state index in [2.05, 4.69) is 170 Å². The fourth-order valence-electron chi connectivity index (χ4n) is 7.36. The molecule has 10 aromatic rings. The van der Waals surface area contributed by atoms with Gasteiger partial charge in [-0.25, -0.2) is 9.97 Å². The summed E-state index contributed by atoms with van der Waals surface area (Å²) in [5.41, 5.74) is 7.44. The van der Waals surface area contributed by atoms with Gasteiger partial charge in [0.2, 0.25) is 0 Å². The second-order valence-corrected chi connectivity index (χ2v) is 13.6. The van der Waals surface area contributed by atoms with Crippen LogP contribution in [-0.2, 0) is 0 Å². The van der Waals surface area contributed by atoms with Crippen LogP contribution < -0.4 is 0 Å². The summed E-state index contributed by atoms with van der Waals surface area (Å²) in [5.74, 6) is 0.730. The van der Waals surface area contributed by atoms with Crippen molar-refractivity contribution < 1.29 is 0 Å². The third kappa shape index (κ3) is 4.62. The topological polar surface area (TPSA) is 25.8 Å². The number of hydrogen-bond acceptors (Lipinski definition) is 3. The van der Waals surface area contributed by atoms with Gasteiger partial charge in [0.25, 0.3) is 0 Å². The Morgan fingerprint density at radius 1 is 0.367 bits per heavy atom. The van der Waals surface area contributed by atoms with Gasteiger partial charge in [-0.15, -0.1) is 11.3 Å². The van der Waals surface area contributed by atoms with Crippen molar-refractivity contribution in [2.75, 3.05) is 0 Å². The molecule has 228 valence electrons. The lowest BCUT2D eigenvalue weighted by atomic mass is 9.92. The van der Waals surface area contributed by atoms with Crippen LogP contribution in [0, 0.1) is 0 Å². The lowest BCUT2D eigenvalue weighted by Crippen LogP contribution is -1.98. The van der Waals surface area contributed by atoms with Crippen LogP contribution >= 0.6 is 11.3 Å². The predicted molar refractivity (Wildman–Crippen MR) is 209 cm³/mol. The van der Waals surface area contributed by atoms with Crippen molar-refractivity contribution >= 4 is 63.8 Å². The molecule has 0 saturated heterocycles. The van der Waals surface area contributed by atoms with E-state index in [9.17, 15) is 0 Å². The van der Waals surface area contributed by atoms with E-state index in [4.69, 9.17) is 9.97 Å². The Hall–Kier alpha value is -6.16. The van der Waals surface area contributed by atoms with Gasteiger partial charge in [0.1, 0.15) is 0 Å². The summed E-state index contributed by atoms with van der Waals surface area (Å²) in [4.78, 5) is 10.9. The summed E-state index contributed by atoms with van der Waals surface area (Å²) in [6, 6.07) is 60.8. The van der Waals surface area contributed by atoms with Crippen molar-refractivity contribution in [3.8, 4) is 45.0 Å². The van der Waals surface area contributed by atoms with Crippen LogP contribution in [0.25, 0.3) is 97.5 Å². The van der Waals surface area contributed by atoms with Crippen molar-refractivity contribution in [3.63, 3.8) is 0 Å². The molecule has 0 saturated carbocycles. The summed E-state index contributed by atoms with van der Waals surface area (Å²) in [6.07, 6.45) is 0. The number of hydrogen-bond donors (Lipinski definition) is 0. The molecule has 0 N–H and O–H groups in total. The summed E-state index contributed by atoms with van der Waals surface area (Å²) >= 11 is 1.83. The minimum atomic E-state index is 0.730. The molecular formula is C46H28N2S. The summed E-state index contributed by atoms with van der Waals surface area (Å²) < 4.78 is 2.54. The van der Waals surface area contributed by atoms with Gasteiger partial charge in [0.05, 0.1) is 11.4 Å². The largest absolute Gasteiger partial charge is 0.228 e. The minimum Gasteiger partial charge on any atom is -0.228 e. The third-order valence-corrected chi connectivity index (χ3v) is 10.8. The van der Waals surface area contributed by atoms with E-state index >= 15 is 0 Å². The normalized spacial score (nSPS) is 11.7. The highest BCUT2D eigenvalue weighted by Gasteiger charge is 2.19. The molecule has 0 unspecified atom stereocenters. The lowest BCUT2D eigenvalue weighted by Gasteiger charge is -2.15. The molecule has 2 nitrogen and oxygen atoms in total. The van der Waals surface area contributed by atoms with Crippen LogP contribution in [0.2, 0.25) is 0 Å². The summed E-state index contributed by atoms with van der Waals surface area (Å²) in [5, 5.41) is 9.64. The average Bonchev–Trinajstić information content (AvgIpc) is 3.56. The number of fused-ring (bicyclic) bond motifs is 7. The Labute approximate surface area is 287 Å². The number of aromatic nitrogens is 2. The van der Waals surface area contributed by atoms with E-state index in [-0.39, 0.29) is 0 Å². The van der Waals surface area contributed by atoms with Gasteiger partial charge in [-0.1, -0.05) is 146 Å². The second kappa shape index (κ2) is 11.2. The van der Waals surface area contributed by atoms with E-state index in [1.165, 1.54) is 52.8 Å². The maximum Gasteiger partial charge on any atom is 0.161 e. The molecule has 0 amide bonds. The molecule has 2 aromatic heterocycles. The lowest BCUT2D eigenvalue weighted by molar-refractivity contribution is 1.19. The maximum atomic E-state index is 5.47. The molecule has 0 radical (unpaired) electrons. The van der Waals surface area contributed by atoms with Crippen LogP contribution in [0.3, 0.4) is 0 Å². The van der Waals surface area contributed by atoms with Crippen molar-refractivity contribution in [3.05, 3.63) is 170 Å². The molecule has 0 spiro atoms. The van der Waals surface area contributed by atoms with Crippen molar-refractivity contribution in [2.45, 2.75) is 0 Å². The molecule has 0 atom stereocenters. The molecule has 0 bridgehead atoms. The smallest absolute Gasteiger partial charge is 0.161 e. The fourth-order valence-corrected chi connectivity index (χ4v) is 8.49. The van der Waals surface area contributed by atoms with Crippen LogP contribution in [-0.4, -0.2) is 9.97 Å². The zero-order chi connectivity index (χ0) is 32.3. The zero-order valence-corrected chi connectivity index (χ0v) is 27.3. The summed E-state index contributed by atoms with van der Waals surface area (Å²) in [6.45, 7) is 0. The summed E-state index contributed by atoms with van der Waals surface area (Å²) in [7, 11) is 0. The van der Waals surface area contributed by atoms with Crippen LogP contribution in [0.4, 0.5) is 0 Å². The second-order valence-electron chi connectivity index (χ2n) is 12.5. The van der Waals surface area contributed by atoms with E-state index in [0.29, 0.717) is 0 Å². The van der Waals surface area contributed by atoms with Crippen LogP contribution in [0.5, 0.6) is 0 Å². The zero-order valence-electron chi connectivity index (χ0n) is 26.5. The Kier molecular flexibility index (Phi) is 6.39. The Morgan fingerprint density at radius 2 is 1.02 bits per heavy atom. The first kappa shape index (κ1) is 27.9. The van der Waals surface area contributed by atoms with Gasteiger partial charge in [-0.2, -0.15) is 0 Å². The number of nitrogens with zero attached hydrogens (tertiary/aromatic N) is 2. The van der Waals surface area contributed by atoms with E-state index < -0.39 is 0 Å². The monoisotopic (exact) mass is 640 g/mol. The molecule has 3 heteroatoms. The average molecular weight is 641 g/mol. The quantitative estimate of drug-likeness (QED) is 0.141. The van der Waals surface area contributed by atoms with E-state index in [1.807, 2.05) is 11.3 Å². The number of rotatable bonds is 4. The third-order valence-electron chi connectivity index (χ3n) is 9.69. The van der Waals surface area contributed by atoms with Gasteiger partial charge in [-0.05, 0) is 67.7 Å². The molecule has 0 aliphatic rings. The van der Waals surface area contributed by atoms with Crippen LogP contribution in [0.1, 0.15) is 0 Å². The standard InChI is InChI=1S/C46H28N2S/c1-2-11-29(12-3-1)30-21-23-32(24-22-30)40-28-41(37-18-10-20-43-44(37)38-17-8-9-19-42(38)49-43)48-46(47-40)45-35-16-7-5-14-33(35)27-39-34-15-6-4-13-31(34)25-26-36(39)45/h1-28H. The first-order chi connectivity index (χ1) is 24.3. The van der Waals surface area contributed by atoms with E-state index in [0.717, 1.165) is 44.7 Å². The first-order valence-corrected chi connectivity index (χ1v) is 17.4. The fraction of sp³-hybridized carbons (Fsp3) is 0. The van der Waals surface area contributed by atoms with Gasteiger partial charge in [0, 0.05) is 36.9 Å². The maximum absolute atomic E-state index is 5.47. The first-order valence-electron chi connectivity index (χ1n) is 16.6. The van der Waals surface area contributed by atoms with Gasteiger partial charge >= 0.3 is 0 Å². The van der Waals surface area contributed by atoms with Gasteiger partial charge < -0.3 is 0 Å². The van der Waals surface area contributed by atoms with Gasteiger partial charge in [-0.3, -0.25) is 0 Å². The number of thiophene rings is 1. The molecule has 0 aliphatic carbocycles. The number of benzene rings is 8. The van der Waals surface area contributed by atoms with Crippen molar-refractivity contribution in [1.29, 1.82) is 0 Å². The van der Waals surface area contributed by atoms with E-state index in [1.54, 1.807) is 0 Å². The van der Waals surface area contributed by atoms with Crippen molar-refractivity contribution in [2.24, 2.45) is 0 Å². The molecular weight excluding hydrogens is 613 g/mol. The highest BCUT2D eigenvalue weighted by molar-refractivity contribution is 7.25. The molecule has 2 heterocycles. The molecule has 0 fully saturated rings. The van der Waals surface area contributed by atoms with Crippen molar-refractivity contribution in [1.82, 2.24) is 9.97 Å². The highest BCUT2D eigenvalue weighted by atomic mass is 32.1. The van der Waals surface area contributed by atoms with Crippen LogP contribution in [0.15, 0.2) is 170 Å². The molecule has 0 aliphatic heterocycles.